The van der Waals surface area contributed by atoms with Gasteiger partial charge in [-0.25, -0.2) is 13.2 Å². The van der Waals surface area contributed by atoms with Crippen LogP contribution in [-0.4, -0.2) is 59.1 Å². The largest absolute Gasteiger partial charge is 0.468 e. The lowest BCUT2D eigenvalue weighted by Gasteiger charge is -2.37. The van der Waals surface area contributed by atoms with Crippen LogP contribution in [0.15, 0.2) is 69.3 Å². The number of furan rings is 1. The van der Waals surface area contributed by atoms with Crippen molar-refractivity contribution in [3.8, 4) is 0 Å². The van der Waals surface area contributed by atoms with E-state index in [2.05, 4.69) is 10.5 Å². The molecule has 0 saturated carbocycles. The van der Waals surface area contributed by atoms with Gasteiger partial charge in [0.25, 0.3) is 0 Å². The Labute approximate surface area is 217 Å². The number of sulfonamides is 1. The van der Waals surface area contributed by atoms with Crippen molar-refractivity contribution in [3.63, 3.8) is 0 Å². The van der Waals surface area contributed by atoms with Crippen LogP contribution in [0.3, 0.4) is 0 Å². The highest BCUT2D eigenvalue weighted by molar-refractivity contribution is 7.89. The summed E-state index contributed by atoms with van der Waals surface area (Å²) < 4.78 is 34.7. The molecule has 3 rings (SSSR count). The van der Waals surface area contributed by atoms with E-state index in [-0.39, 0.29) is 29.0 Å². The summed E-state index contributed by atoms with van der Waals surface area (Å²) in [5.41, 5.74) is 0.505. The third-order valence-electron chi connectivity index (χ3n) is 6.34. The number of nitrogens with one attached hydrogen (secondary N) is 1. The monoisotopic (exact) mass is 533 g/mol. The highest BCUT2D eigenvalue weighted by Gasteiger charge is 2.42. The number of aliphatic hydroxyl groups is 1. The van der Waals surface area contributed by atoms with E-state index in [0.29, 0.717) is 12.0 Å². The quantitative estimate of drug-likeness (QED) is 0.138. The van der Waals surface area contributed by atoms with Gasteiger partial charge in [-0.2, -0.15) is 4.31 Å². The molecule has 0 aliphatic heterocycles. The van der Waals surface area contributed by atoms with Crippen LogP contribution in [0, 0.1) is 11.8 Å². The van der Waals surface area contributed by atoms with Crippen molar-refractivity contribution in [3.05, 3.63) is 66.1 Å². The second-order valence-electron chi connectivity index (χ2n) is 9.64. The van der Waals surface area contributed by atoms with Gasteiger partial charge in [0, 0.05) is 6.54 Å². The summed E-state index contributed by atoms with van der Waals surface area (Å²) in [6.45, 7) is 3.76. The van der Waals surface area contributed by atoms with E-state index in [0.717, 1.165) is 19.3 Å². The van der Waals surface area contributed by atoms with Crippen molar-refractivity contribution < 1.29 is 33.0 Å². The summed E-state index contributed by atoms with van der Waals surface area (Å²) in [6, 6.07) is 6.83. The third kappa shape index (κ3) is 7.43. The second-order valence-corrected chi connectivity index (χ2v) is 11.5. The zero-order chi connectivity index (χ0) is 27.0. The average molecular weight is 534 g/mol. The maximum atomic E-state index is 14.0. The summed E-state index contributed by atoms with van der Waals surface area (Å²) >= 11 is 0. The molecular formula is C26H35N3O7S. The molecule has 1 heterocycles. The average Bonchev–Trinajstić information content (AvgIpc) is 3.38. The van der Waals surface area contributed by atoms with E-state index in [1.165, 1.54) is 41.0 Å². The number of hydrogen-bond acceptors (Lipinski definition) is 7. The van der Waals surface area contributed by atoms with Gasteiger partial charge >= 0.3 is 6.09 Å². The standard InChI is InChI=1S/C26H35N3O7S/c1-18(2)17-29(37(34,35)21-12-10-20(11-13-21)16-27-33)24(23-9-6-14-36-23)25(30)22(28-26(31)32)15-19-7-4-3-5-8-19/h4,6-7,9-14,16,18-19,22,24-25,28,30,33H,3,5,8,15,17H2,1-2H3,(H,31,32)/b27-16+/t19?,22-,24?,25+/m0/s1. The van der Waals surface area contributed by atoms with Crippen molar-refractivity contribution in [2.75, 3.05) is 6.54 Å². The Morgan fingerprint density at radius 1 is 1.27 bits per heavy atom. The molecule has 0 saturated heterocycles. The van der Waals surface area contributed by atoms with Gasteiger partial charge in [0.15, 0.2) is 0 Å². The van der Waals surface area contributed by atoms with E-state index in [1.54, 1.807) is 12.1 Å². The number of nitrogens with zero attached hydrogens (tertiary/aromatic N) is 2. The Hall–Kier alpha value is -3.15. The van der Waals surface area contributed by atoms with Gasteiger partial charge in [-0.1, -0.05) is 43.3 Å². The molecule has 2 aromatic rings. The maximum Gasteiger partial charge on any atom is 0.404 e. The number of hydrogen-bond donors (Lipinski definition) is 4. The van der Waals surface area contributed by atoms with Gasteiger partial charge < -0.3 is 25.2 Å². The Morgan fingerprint density at radius 2 is 2.00 bits per heavy atom. The molecule has 0 spiro atoms. The first kappa shape index (κ1) is 28.4. The van der Waals surface area contributed by atoms with Crippen molar-refractivity contribution >= 4 is 22.3 Å². The Bertz CT molecular complexity index is 1160. The molecule has 1 aliphatic carbocycles. The van der Waals surface area contributed by atoms with Crippen molar-refractivity contribution in [1.29, 1.82) is 0 Å². The fraction of sp³-hybridized carbons (Fsp3) is 0.462. The van der Waals surface area contributed by atoms with E-state index in [1.807, 2.05) is 26.0 Å². The molecule has 4 atom stereocenters. The van der Waals surface area contributed by atoms with Gasteiger partial charge in [0.1, 0.15) is 11.8 Å². The lowest BCUT2D eigenvalue weighted by molar-refractivity contribution is 0.0361. The van der Waals surface area contributed by atoms with Crippen LogP contribution in [0.5, 0.6) is 0 Å². The smallest absolute Gasteiger partial charge is 0.404 e. The number of carbonyl (C=O) groups is 1. The molecule has 0 bridgehead atoms. The third-order valence-corrected chi connectivity index (χ3v) is 8.20. The SMILES string of the molecule is CC(C)CN(C(c1ccco1)[C@H](O)[C@H](CC1C=CCCC1)NC(=O)O)S(=O)(=O)c1ccc(/C=N/O)cc1. The second kappa shape index (κ2) is 12.9. The molecule has 1 aromatic carbocycles. The minimum atomic E-state index is -4.18. The first-order valence-corrected chi connectivity index (χ1v) is 13.7. The van der Waals surface area contributed by atoms with Crippen LogP contribution in [0.4, 0.5) is 4.79 Å². The van der Waals surface area contributed by atoms with Gasteiger partial charge in [-0.3, -0.25) is 0 Å². The number of benzene rings is 1. The van der Waals surface area contributed by atoms with Crippen LogP contribution >= 0.6 is 0 Å². The molecule has 1 aliphatic rings. The molecule has 1 aromatic heterocycles. The summed E-state index contributed by atoms with van der Waals surface area (Å²) in [5.74, 6) is 0.137. The summed E-state index contributed by atoms with van der Waals surface area (Å²) in [5, 5.41) is 35.3. The Balaban J connectivity index is 2.06. The zero-order valence-electron chi connectivity index (χ0n) is 21.0. The predicted octanol–water partition coefficient (Wildman–Crippen LogP) is 4.22. The normalized spacial score (nSPS) is 18.8. The highest BCUT2D eigenvalue weighted by Crippen LogP contribution is 2.35. The van der Waals surface area contributed by atoms with Crippen LogP contribution in [0.1, 0.15) is 56.9 Å². The molecule has 1 amide bonds. The Kier molecular flexibility index (Phi) is 9.90. The lowest BCUT2D eigenvalue weighted by atomic mass is 9.86. The van der Waals surface area contributed by atoms with Crippen molar-refractivity contribution in [2.45, 2.75) is 62.6 Å². The van der Waals surface area contributed by atoms with Crippen molar-refractivity contribution in [1.82, 2.24) is 9.62 Å². The maximum absolute atomic E-state index is 14.0. The molecule has 202 valence electrons. The van der Waals surface area contributed by atoms with Crippen LogP contribution in [0.2, 0.25) is 0 Å². The fourth-order valence-corrected chi connectivity index (χ4v) is 6.43. The number of oxime groups is 1. The summed E-state index contributed by atoms with van der Waals surface area (Å²) in [4.78, 5) is 11.7. The van der Waals surface area contributed by atoms with Gasteiger partial charge in [0.2, 0.25) is 10.0 Å². The number of carboxylic acid groups (broad SMARTS) is 1. The molecule has 0 radical (unpaired) electrons. The topological polar surface area (TPSA) is 153 Å². The molecule has 10 nitrogen and oxygen atoms in total. The van der Waals surface area contributed by atoms with Crippen molar-refractivity contribution in [2.24, 2.45) is 17.0 Å². The van der Waals surface area contributed by atoms with Gasteiger partial charge in [-0.05, 0) is 67.3 Å². The van der Waals surface area contributed by atoms with Crippen LogP contribution in [-0.2, 0) is 10.0 Å². The van der Waals surface area contributed by atoms with Crippen LogP contribution < -0.4 is 5.32 Å². The number of rotatable bonds is 12. The highest BCUT2D eigenvalue weighted by atomic mass is 32.2. The predicted molar refractivity (Wildman–Crippen MR) is 138 cm³/mol. The molecule has 37 heavy (non-hydrogen) atoms. The molecular weight excluding hydrogens is 498 g/mol. The first-order valence-electron chi connectivity index (χ1n) is 12.3. The van der Waals surface area contributed by atoms with Crippen LogP contribution in [0.25, 0.3) is 0 Å². The lowest BCUT2D eigenvalue weighted by Crippen LogP contribution is -2.52. The first-order chi connectivity index (χ1) is 17.6. The minimum absolute atomic E-state index is 0.0232. The molecule has 4 N–H and O–H groups in total. The Morgan fingerprint density at radius 3 is 2.54 bits per heavy atom. The molecule has 0 fully saturated rings. The summed E-state index contributed by atoms with van der Waals surface area (Å²) in [7, 11) is -4.18. The molecule has 11 heteroatoms. The number of amides is 1. The number of aliphatic hydroxyl groups excluding tert-OH is 1. The fourth-order valence-electron chi connectivity index (χ4n) is 4.66. The number of allylic oxidation sites excluding steroid dienone is 2. The summed E-state index contributed by atoms with van der Waals surface area (Å²) in [6.07, 6.45) is 6.97. The van der Waals surface area contributed by atoms with E-state index < -0.39 is 34.3 Å². The zero-order valence-corrected chi connectivity index (χ0v) is 21.8. The van der Waals surface area contributed by atoms with Gasteiger partial charge in [-0.15, -0.1) is 0 Å². The minimum Gasteiger partial charge on any atom is -0.468 e. The van der Waals surface area contributed by atoms with Gasteiger partial charge in [0.05, 0.1) is 29.5 Å². The van der Waals surface area contributed by atoms with E-state index in [4.69, 9.17) is 9.62 Å². The molecule has 2 unspecified atom stereocenters. The van der Waals surface area contributed by atoms with E-state index in [9.17, 15) is 23.4 Å². The van der Waals surface area contributed by atoms with E-state index >= 15 is 0 Å².